The molecule has 2 aromatic rings. The summed E-state index contributed by atoms with van der Waals surface area (Å²) in [5.41, 5.74) is 3.95. The number of nitrogens with one attached hydrogen (secondary N) is 3. The number of anilines is 1. The fourth-order valence-electron chi connectivity index (χ4n) is 3.19. The molecule has 0 bridgehead atoms. The van der Waals surface area contributed by atoms with Gasteiger partial charge in [0.2, 0.25) is 0 Å². The van der Waals surface area contributed by atoms with Crippen LogP contribution in [0.15, 0.2) is 41.6 Å². The van der Waals surface area contributed by atoms with Crippen molar-refractivity contribution in [2.24, 2.45) is 0 Å². The summed E-state index contributed by atoms with van der Waals surface area (Å²) in [7, 11) is 1.40. The predicted molar refractivity (Wildman–Crippen MR) is 111 cm³/mol. The van der Waals surface area contributed by atoms with E-state index in [0.717, 1.165) is 11.1 Å². The Kier molecular flexibility index (Phi) is 5.70. The number of methoxy groups -OCH3 is 1. The number of allylic oxidation sites excluding steroid dienone is 1. The lowest BCUT2D eigenvalue weighted by atomic mass is 9.94. The molecule has 0 aromatic heterocycles. The Morgan fingerprint density at radius 2 is 1.90 bits per heavy atom. The third-order valence-corrected chi connectivity index (χ3v) is 5.22. The van der Waals surface area contributed by atoms with Crippen molar-refractivity contribution in [1.29, 1.82) is 0 Å². The van der Waals surface area contributed by atoms with Gasteiger partial charge in [-0.1, -0.05) is 17.7 Å². The van der Waals surface area contributed by atoms with Crippen LogP contribution in [0, 0.1) is 13.8 Å². The summed E-state index contributed by atoms with van der Waals surface area (Å²) >= 11 is 6.31. The molecule has 0 saturated heterocycles. The Labute approximate surface area is 173 Å². The highest BCUT2D eigenvalue weighted by Gasteiger charge is 2.33. The molecule has 1 heterocycles. The van der Waals surface area contributed by atoms with Gasteiger partial charge in [-0.25, -0.2) is 4.79 Å². The fraction of sp³-hybridized carbons (Fsp3) is 0.238. The van der Waals surface area contributed by atoms with Crippen molar-refractivity contribution in [3.05, 3.63) is 63.3 Å². The number of phenolic OH excluding ortho intramolecular Hbond substituents is 1. The summed E-state index contributed by atoms with van der Waals surface area (Å²) in [5, 5.41) is 18.3. The first kappa shape index (κ1) is 20.5. The minimum Gasteiger partial charge on any atom is -0.504 e. The molecule has 0 saturated carbocycles. The van der Waals surface area contributed by atoms with Crippen LogP contribution in [-0.4, -0.2) is 24.2 Å². The average Bonchev–Trinajstić information content (AvgIpc) is 2.64. The molecular formula is C21H22ClN3O4. The third kappa shape index (κ3) is 4.14. The Morgan fingerprint density at radius 1 is 1.17 bits per heavy atom. The quantitative estimate of drug-likeness (QED) is 0.607. The van der Waals surface area contributed by atoms with Gasteiger partial charge >= 0.3 is 6.03 Å². The maximum Gasteiger partial charge on any atom is 0.319 e. The van der Waals surface area contributed by atoms with E-state index in [1.165, 1.54) is 19.2 Å². The molecule has 1 atom stereocenters. The van der Waals surface area contributed by atoms with Crippen molar-refractivity contribution in [1.82, 2.24) is 10.6 Å². The molecule has 0 spiro atoms. The summed E-state index contributed by atoms with van der Waals surface area (Å²) in [5.74, 6) is -0.335. The molecule has 4 N–H and O–H groups in total. The van der Waals surface area contributed by atoms with Crippen molar-refractivity contribution in [3.63, 3.8) is 0 Å². The molecule has 152 valence electrons. The number of hydrogen-bond acceptors (Lipinski definition) is 4. The highest BCUT2D eigenvalue weighted by atomic mass is 35.5. The van der Waals surface area contributed by atoms with Crippen LogP contribution in [0.1, 0.15) is 29.7 Å². The van der Waals surface area contributed by atoms with Crippen LogP contribution in [-0.2, 0) is 4.79 Å². The molecule has 3 amide bonds. The number of ether oxygens (including phenoxy) is 1. The van der Waals surface area contributed by atoms with Crippen molar-refractivity contribution in [3.8, 4) is 11.5 Å². The molecule has 0 aliphatic carbocycles. The Morgan fingerprint density at radius 3 is 2.55 bits per heavy atom. The van der Waals surface area contributed by atoms with E-state index in [1.807, 2.05) is 32.0 Å². The van der Waals surface area contributed by atoms with Crippen molar-refractivity contribution in [2.45, 2.75) is 26.8 Å². The van der Waals surface area contributed by atoms with Crippen LogP contribution in [0.3, 0.4) is 0 Å². The normalized spacial score (nSPS) is 16.2. The van der Waals surface area contributed by atoms with E-state index in [9.17, 15) is 14.7 Å². The maximum atomic E-state index is 13.1. The van der Waals surface area contributed by atoms with Crippen LogP contribution in [0.5, 0.6) is 11.5 Å². The van der Waals surface area contributed by atoms with E-state index in [0.29, 0.717) is 22.5 Å². The van der Waals surface area contributed by atoms with Crippen LogP contribution < -0.4 is 20.7 Å². The Hall–Kier alpha value is -3.19. The van der Waals surface area contributed by atoms with Gasteiger partial charge in [0, 0.05) is 23.0 Å². The van der Waals surface area contributed by atoms with Crippen LogP contribution >= 0.6 is 11.6 Å². The van der Waals surface area contributed by atoms with Gasteiger partial charge in [0.1, 0.15) is 0 Å². The standard InChI is InChI=1S/C21H22ClN3O4/c1-10-5-6-13(7-11(10)2)24-20(27)18-12(3)23-21(28)25-19(18)14-8-17(29-4)16(26)9-15(14)22/h5-9,19,26H,1-4H3,(H,24,27)(H2,23,25,28)/t19-/m1/s1. The molecule has 8 heteroatoms. The van der Waals surface area contributed by atoms with Crippen LogP contribution in [0.4, 0.5) is 10.5 Å². The first-order valence-electron chi connectivity index (χ1n) is 8.94. The first-order valence-corrected chi connectivity index (χ1v) is 9.32. The number of halogens is 1. The number of benzene rings is 2. The van der Waals surface area contributed by atoms with E-state index >= 15 is 0 Å². The Bertz CT molecular complexity index is 1030. The molecule has 29 heavy (non-hydrogen) atoms. The molecule has 7 nitrogen and oxygen atoms in total. The zero-order valence-electron chi connectivity index (χ0n) is 16.5. The number of amides is 3. The molecular weight excluding hydrogens is 394 g/mol. The van der Waals surface area contributed by atoms with E-state index < -0.39 is 12.1 Å². The predicted octanol–water partition coefficient (Wildman–Crippen LogP) is 3.94. The van der Waals surface area contributed by atoms with Gasteiger partial charge in [-0.2, -0.15) is 0 Å². The third-order valence-electron chi connectivity index (χ3n) is 4.89. The molecule has 0 unspecified atom stereocenters. The summed E-state index contributed by atoms with van der Waals surface area (Å²) in [4.78, 5) is 25.2. The highest BCUT2D eigenvalue weighted by Crippen LogP contribution is 2.38. The number of aryl methyl sites for hydroxylation is 2. The van der Waals surface area contributed by atoms with Gasteiger partial charge in [-0.3, -0.25) is 4.79 Å². The maximum absolute atomic E-state index is 13.1. The number of phenols is 1. The second-order valence-electron chi connectivity index (χ2n) is 6.87. The SMILES string of the molecule is COc1cc([C@H]2NC(=O)NC(C)=C2C(=O)Nc2ccc(C)c(C)c2)c(Cl)cc1O. The molecule has 0 radical (unpaired) electrons. The molecule has 1 aliphatic heterocycles. The lowest BCUT2D eigenvalue weighted by Crippen LogP contribution is -2.46. The summed E-state index contributed by atoms with van der Waals surface area (Å²) in [6, 6.07) is 7.16. The van der Waals surface area contributed by atoms with E-state index in [1.54, 1.807) is 6.92 Å². The van der Waals surface area contributed by atoms with Crippen molar-refractivity contribution in [2.75, 3.05) is 12.4 Å². The van der Waals surface area contributed by atoms with Gasteiger partial charge in [0.05, 0.1) is 23.7 Å². The van der Waals surface area contributed by atoms with E-state index in [4.69, 9.17) is 16.3 Å². The second-order valence-corrected chi connectivity index (χ2v) is 7.28. The molecule has 2 aromatic carbocycles. The topological polar surface area (TPSA) is 99.7 Å². The summed E-state index contributed by atoms with van der Waals surface area (Å²) < 4.78 is 5.15. The monoisotopic (exact) mass is 415 g/mol. The fourth-order valence-corrected chi connectivity index (χ4v) is 3.46. The van der Waals surface area contributed by atoms with Gasteiger partial charge in [0.15, 0.2) is 11.5 Å². The van der Waals surface area contributed by atoms with E-state index in [-0.39, 0.29) is 22.4 Å². The lowest BCUT2D eigenvalue weighted by Gasteiger charge is -2.29. The van der Waals surface area contributed by atoms with Gasteiger partial charge in [-0.15, -0.1) is 0 Å². The average molecular weight is 416 g/mol. The largest absolute Gasteiger partial charge is 0.504 e. The van der Waals surface area contributed by atoms with Gasteiger partial charge in [-0.05, 0) is 50.1 Å². The molecule has 3 rings (SSSR count). The minimum absolute atomic E-state index is 0.136. The lowest BCUT2D eigenvalue weighted by molar-refractivity contribution is -0.113. The number of aromatic hydroxyl groups is 1. The van der Waals surface area contributed by atoms with Crippen LogP contribution in [0.2, 0.25) is 5.02 Å². The van der Waals surface area contributed by atoms with Gasteiger partial charge < -0.3 is 25.8 Å². The number of hydrogen-bond donors (Lipinski definition) is 4. The van der Waals surface area contributed by atoms with Crippen molar-refractivity contribution >= 4 is 29.2 Å². The Balaban J connectivity index is 2.02. The number of rotatable bonds is 4. The first-order chi connectivity index (χ1) is 13.7. The second kappa shape index (κ2) is 8.05. The van der Waals surface area contributed by atoms with Crippen molar-refractivity contribution < 1.29 is 19.4 Å². The number of carbonyl (C=O) groups is 2. The highest BCUT2D eigenvalue weighted by molar-refractivity contribution is 6.31. The number of urea groups is 1. The minimum atomic E-state index is -0.822. The van der Waals surface area contributed by atoms with Crippen LogP contribution in [0.25, 0.3) is 0 Å². The van der Waals surface area contributed by atoms with Gasteiger partial charge in [0.25, 0.3) is 5.91 Å². The molecule has 0 fully saturated rings. The zero-order valence-corrected chi connectivity index (χ0v) is 17.3. The summed E-state index contributed by atoms with van der Waals surface area (Å²) in [6.45, 7) is 5.60. The van der Waals surface area contributed by atoms with E-state index in [2.05, 4.69) is 16.0 Å². The molecule has 1 aliphatic rings. The zero-order chi connectivity index (χ0) is 21.3. The number of carbonyl (C=O) groups excluding carboxylic acids is 2. The smallest absolute Gasteiger partial charge is 0.319 e. The summed E-state index contributed by atoms with van der Waals surface area (Å²) in [6.07, 6.45) is 0.